The van der Waals surface area contributed by atoms with E-state index in [0.717, 1.165) is 25.2 Å². The molecule has 0 bridgehead atoms. The van der Waals surface area contributed by atoms with Gasteiger partial charge in [-0.15, -0.1) is 0 Å². The zero-order valence-electron chi connectivity index (χ0n) is 9.21. The van der Waals surface area contributed by atoms with Gasteiger partial charge >= 0.3 is 0 Å². The molecule has 0 aromatic heterocycles. The fourth-order valence-electron chi connectivity index (χ4n) is 2.06. The lowest BCUT2D eigenvalue weighted by atomic mass is 9.92. The van der Waals surface area contributed by atoms with E-state index in [1.165, 1.54) is 32.1 Å². The lowest BCUT2D eigenvalue weighted by Crippen LogP contribution is -2.26. The first-order chi connectivity index (χ1) is 6.86. The minimum atomic E-state index is 0.218. The summed E-state index contributed by atoms with van der Waals surface area (Å²) in [5.74, 6) is 0.754. The predicted octanol–water partition coefficient (Wildman–Crippen LogP) is 2.95. The quantitative estimate of drug-likeness (QED) is 0.484. The zero-order chi connectivity index (χ0) is 10.2. The number of hydrogen-bond donors (Lipinski definition) is 0. The Hall–Kier alpha value is -0.370. The van der Waals surface area contributed by atoms with Crippen molar-refractivity contribution in [2.24, 2.45) is 5.92 Å². The summed E-state index contributed by atoms with van der Waals surface area (Å²) in [6, 6.07) is 0. The zero-order valence-corrected chi connectivity index (χ0v) is 9.21. The molecular formula is C12H22O2. The minimum Gasteiger partial charge on any atom is -0.377 e. The summed E-state index contributed by atoms with van der Waals surface area (Å²) in [6.45, 7) is 3.11. The van der Waals surface area contributed by atoms with Gasteiger partial charge in [0.1, 0.15) is 6.29 Å². The third-order valence-corrected chi connectivity index (χ3v) is 3.04. The van der Waals surface area contributed by atoms with Crippen LogP contribution in [0.3, 0.4) is 0 Å². The van der Waals surface area contributed by atoms with Crippen LogP contribution in [0.1, 0.15) is 51.9 Å². The summed E-state index contributed by atoms with van der Waals surface area (Å²) in [6.07, 6.45) is 9.39. The van der Waals surface area contributed by atoms with Crippen molar-refractivity contribution in [1.82, 2.24) is 0 Å². The predicted molar refractivity (Wildman–Crippen MR) is 57.3 cm³/mol. The van der Waals surface area contributed by atoms with Crippen molar-refractivity contribution in [2.75, 3.05) is 6.61 Å². The molecule has 1 saturated heterocycles. The summed E-state index contributed by atoms with van der Waals surface area (Å²) >= 11 is 0. The van der Waals surface area contributed by atoms with Gasteiger partial charge in [0.25, 0.3) is 0 Å². The fraction of sp³-hybridized carbons (Fsp3) is 0.917. The summed E-state index contributed by atoms with van der Waals surface area (Å²) in [7, 11) is 0. The molecule has 0 saturated carbocycles. The first-order valence-corrected chi connectivity index (χ1v) is 5.92. The van der Waals surface area contributed by atoms with E-state index in [4.69, 9.17) is 4.74 Å². The van der Waals surface area contributed by atoms with Crippen LogP contribution < -0.4 is 0 Å². The summed E-state index contributed by atoms with van der Waals surface area (Å²) in [5, 5.41) is 0. The van der Waals surface area contributed by atoms with Crippen molar-refractivity contribution in [1.29, 1.82) is 0 Å². The third-order valence-electron chi connectivity index (χ3n) is 3.04. The maximum absolute atomic E-state index is 10.3. The largest absolute Gasteiger partial charge is 0.377 e. The molecule has 0 aromatic rings. The molecule has 0 aliphatic carbocycles. The van der Waals surface area contributed by atoms with Crippen molar-refractivity contribution in [3.8, 4) is 0 Å². The van der Waals surface area contributed by atoms with Crippen LogP contribution in [0, 0.1) is 5.92 Å². The van der Waals surface area contributed by atoms with Gasteiger partial charge in [-0.05, 0) is 25.2 Å². The molecule has 82 valence electrons. The smallest absolute Gasteiger partial charge is 0.122 e. The topological polar surface area (TPSA) is 26.3 Å². The maximum Gasteiger partial charge on any atom is 0.122 e. The number of rotatable bonds is 6. The minimum absolute atomic E-state index is 0.218. The number of ether oxygens (including phenoxy) is 1. The Kier molecular flexibility index (Phi) is 5.85. The van der Waals surface area contributed by atoms with E-state index < -0.39 is 0 Å². The van der Waals surface area contributed by atoms with Crippen LogP contribution in [0.25, 0.3) is 0 Å². The van der Waals surface area contributed by atoms with Gasteiger partial charge in [-0.2, -0.15) is 0 Å². The first kappa shape index (κ1) is 11.7. The second-order valence-electron chi connectivity index (χ2n) is 4.30. The van der Waals surface area contributed by atoms with E-state index in [1.54, 1.807) is 0 Å². The molecule has 1 heterocycles. The van der Waals surface area contributed by atoms with Crippen LogP contribution in [0.5, 0.6) is 0 Å². The monoisotopic (exact) mass is 198 g/mol. The molecule has 0 N–H and O–H groups in total. The molecule has 2 nitrogen and oxygen atoms in total. The van der Waals surface area contributed by atoms with Gasteiger partial charge in [-0.3, -0.25) is 0 Å². The van der Waals surface area contributed by atoms with Crippen LogP contribution in [0.4, 0.5) is 0 Å². The highest BCUT2D eigenvalue weighted by Gasteiger charge is 2.20. The van der Waals surface area contributed by atoms with Crippen molar-refractivity contribution >= 4 is 6.29 Å². The van der Waals surface area contributed by atoms with Gasteiger partial charge in [0, 0.05) is 13.0 Å². The van der Waals surface area contributed by atoms with E-state index in [-0.39, 0.29) is 6.10 Å². The second kappa shape index (κ2) is 6.99. The molecule has 14 heavy (non-hydrogen) atoms. The molecule has 1 aliphatic heterocycles. The average molecular weight is 198 g/mol. The van der Waals surface area contributed by atoms with Gasteiger partial charge in [0.15, 0.2) is 0 Å². The van der Waals surface area contributed by atoms with E-state index in [1.807, 2.05) is 0 Å². The van der Waals surface area contributed by atoms with Crippen molar-refractivity contribution < 1.29 is 9.53 Å². The lowest BCUT2D eigenvalue weighted by molar-refractivity contribution is -0.112. The normalized spacial score (nSPS) is 27.5. The summed E-state index contributed by atoms with van der Waals surface area (Å²) < 4.78 is 5.63. The van der Waals surface area contributed by atoms with Crippen LogP contribution in [0.15, 0.2) is 0 Å². The Morgan fingerprint density at radius 2 is 2.21 bits per heavy atom. The van der Waals surface area contributed by atoms with Crippen LogP contribution in [0.2, 0.25) is 0 Å². The highest BCUT2D eigenvalue weighted by atomic mass is 16.5. The molecule has 0 amide bonds. The molecule has 0 radical (unpaired) electrons. The summed E-state index contributed by atoms with van der Waals surface area (Å²) in [5.41, 5.74) is 0. The SMILES string of the molecule is CCCCCC1CCC(CC=O)OC1. The second-order valence-corrected chi connectivity index (χ2v) is 4.30. The maximum atomic E-state index is 10.3. The molecule has 0 aromatic carbocycles. The Balaban J connectivity index is 2.06. The molecule has 1 fully saturated rings. The number of carbonyl (C=O) groups is 1. The Morgan fingerprint density at radius 1 is 1.36 bits per heavy atom. The van der Waals surface area contributed by atoms with Gasteiger partial charge < -0.3 is 9.53 Å². The van der Waals surface area contributed by atoms with Gasteiger partial charge in [-0.1, -0.05) is 26.2 Å². The molecule has 2 unspecified atom stereocenters. The Morgan fingerprint density at radius 3 is 2.79 bits per heavy atom. The molecule has 1 rings (SSSR count). The van der Waals surface area contributed by atoms with Crippen LogP contribution >= 0.6 is 0 Å². The van der Waals surface area contributed by atoms with Crippen LogP contribution in [-0.4, -0.2) is 19.0 Å². The molecule has 2 atom stereocenters. The van der Waals surface area contributed by atoms with Crippen molar-refractivity contribution in [3.05, 3.63) is 0 Å². The Bertz CT molecular complexity index is 148. The van der Waals surface area contributed by atoms with E-state index in [9.17, 15) is 4.79 Å². The van der Waals surface area contributed by atoms with E-state index in [2.05, 4.69) is 6.92 Å². The fourth-order valence-corrected chi connectivity index (χ4v) is 2.06. The van der Waals surface area contributed by atoms with Crippen LogP contribution in [-0.2, 0) is 9.53 Å². The highest BCUT2D eigenvalue weighted by Crippen LogP contribution is 2.24. The van der Waals surface area contributed by atoms with E-state index in [0.29, 0.717) is 6.42 Å². The first-order valence-electron chi connectivity index (χ1n) is 5.92. The number of aldehydes is 1. The van der Waals surface area contributed by atoms with Crippen molar-refractivity contribution in [3.63, 3.8) is 0 Å². The molecule has 1 aliphatic rings. The van der Waals surface area contributed by atoms with Crippen molar-refractivity contribution in [2.45, 2.75) is 58.0 Å². The van der Waals surface area contributed by atoms with E-state index >= 15 is 0 Å². The third kappa shape index (κ3) is 4.23. The molecule has 2 heteroatoms. The number of carbonyl (C=O) groups excluding carboxylic acids is 1. The Labute approximate surface area is 87.0 Å². The number of hydrogen-bond acceptors (Lipinski definition) is 2. The standard InChI is InChI=1S/C12H22O2/c1-2-3-4-5-11-6-7-12(8-9-13)14-10-11/h9,11-12H,2-8,10H2,1H3. The lowest BCUT2D eigenvalue weighted by Gasteiger charge is -2.28. The van der Waals surface area contributed by atoms with Gasteiger partial charge in [0.05, 0.1) is 6.10 Å². The molecule has 0 spiro atoms. The summed E-state index contributed by atoms with van der Waals surface area (Å²) in [4.78, 5) is 10.3. The van der Waals surface area contributed by atoms with Gasteiger partial charge in [-0.25, -0.2) is 0 Å². The number of unbranched alkanes of at least 4 members (excludes halogenated alkanes) is 2. The van der Waals surface area contributed by atoms with Gasteiger partial charge in [0.2, 0.25) is 0 Å². The average Bonchev–Trinajstić information content (AvgIpc) is 2.21. The highest BCUT2D eigenvalue weighted by molar-refractivity contribution is 5.50. The molecular weight excluding hydrogens is 176 g/mol.